The summed E-state index contributed by atoms with van der Waals surface area (Å²) in [6.07, 6.45) is 1.41. The van der Waals surface area contributed by atoms with Crippen LogP contribution in [0, 0.1) is 0 Å². The second kappa shape index (κ2) is 12.8. The molecule has 0 aliphatic carbocycles. The number of nitrogens with zero attached hydrogens (tertiary/aromatic N) is 1. The largest absolute Gasteiger partial charge is 0.469 e. The van der Waals surface area contributed by atoms with Crippen molar-refractivity contribution in [3.8, 4) is 0 Å². The summed E-state index contributed by atoms with van der Waals surface area (Å²) in [4.78, 5) is 22.9. The van der Waals surface area contributed by atoms with Gasteiger partial charge in [0.1, 0.15) is 6.61 Å². The zero-order chi connectivity index (χ0) is 16.8. The summed E-state index contributed by atoms with van der Waals surface area (Å²) in [7, 11) is 3.41. The molecule has 1 aromatic carbocycles. The molecule has 0 atom stereocenters. The van der Waals surface area contributed by atoms with Gasteiger partial charge in [-0.25, -0.2) is 0 Å². The average molecular weight is 309 g/mol. The number of hydrogen-bond acceptors (Lipinski definition) is 5. The predicted octanol–water partition coefficient (Wildman–Crippen LogP) is 2.64. The molecule has 22 heavy (non-hydrogen) atoms. The number of benzene rings is 1. The Hall–Kier alpha value is -1.88. The van der Waals surface area contributed by atoms with E-state index in [4.69, 9.17) is 4.74 Å². The van der Waals surface area contributed by atoms with E-state index < -0.39 is 0 Å². The predicted molar refractivity (Wildman–Crippen MR) is 86.3 cm³/mol. The first kappa shape index (κ1) is 20.1. The van der Waals surface area contributed by atoms with Crippen LogP contribution in [-0.2, 0) is 25.6 Å². The third-order valence-corrected chi connectivity index (χ3v) is 2.76. The molecular formula is C17H27NO4. The molecule has 0 spiro atoms. The summed E-state index contributed by atoms with van der Waals surface area (Å²) in [6, 6.07) is 10.2. The minimum absolute atomic E-state index is 0.123. The SMILES string of the molecule is CC(=O)OCCN(C)Cc1ccccc1.CCCC(=O)OC. The Kier molecular flexibility index (Phi) is 11.7. The van der Waals surface area contributed by atoms with Crippen molar-refractivity contribution < 1.29 is 19.1 Å². The van der Waals surface area contributed by atoms with Crippen LogP contribution in [0.1, 0.15) is 32.3 Å². The van der Waals surface area contributed by atoms with E-state index in [0.717, 1.165) is 19.5 Å². The Bertz CT molecular complexity index is 420. The van der Waals surface area contributed by atoms with Gasteiger partial charge >= 0.3 is 11.9 Å². The van der Waals surface area contributed by atoms with E-state index in [1.807, 2.05) is 32.2 Å². The van der Waals surface area contributed by atoms with Crippen molar-refractivity contribution in [2.75, 3.05) is 27.3 Å². The van der Waals surface area contributed by atoms with Crippen LogP contribution in [0.5, 0.6) is 0 Å². The fourth-order valence-electron chi connectivity index (χ4n) is 1.63. The van der Waals surface area contributed by atoms with Crippen molar-refractivity contribution in [2.24, 2.45) is 0 Å². The maximum Gasteiger partial charge on any atom is 0.305 e. The standard InChI is InChI=1S/C12H17NO2.C5H10O2/c1-11(14)15-9-8-13(2)10-12-6-4-3-5-7-12;1-3-4-5(6)7-2/h3-7H,8-10H2,1-2H3;3-4H2,1-2H3. The van der Waals surface area contributed by atoms with Crippen LogP contribution in [-0.4, -0.2) is 44.1 Å². The van der Waals surface area contributed by atoms with E-state index in [9.17, 15) is 9.59 Å². The van der Waals surface area contributed by atoms with Crippen LogP contribution < -0.4 is 0 Å². The Balaban J connectivity index is 0.000000534. The van der Waals surface area contributed by atoms with Crippen LogP contribution in [0.2, 0.25) is 0 Å². The molecular weight excluding hydrogens is 282 g/mol. The minimum atomic E-state index is -0.219. The van der Waals surface area contributed by atoms with E-state index in [1.165, 1.54) is 19.6 Å². The van der Waals surface area contributed by atoms with Crippen LogP contribution in [0.4, 0.5) is 0 Å². The third-order valence-electron chi connectivity index (χ3n) is 2.76. The number of methoxy groups -OCH3 is 1. The van der Waals surface area contributed by atoms with Gasteiger partial charge < -0.3 is 9.47 Å². The molecule has 0 bridgehead atoms. The molecule has 5 nitrogen and oxygen atoms in total. The second-order valence-corrected chi connectivity index (χ2v) is 4.89. The van der Waals surface area contributed by atoms with Gasteiger partial charge in [0.15, 0.2) is 0 Å². The Morgan fingerprint density at radius 2 is 1.82 bits per heavy atom. The van der Waals surface area contributed by atoms with Crippen LogP contribution in [0.15, 0.2) is 30.3 Å². The molecule has 124 valence electrons. The van der Waals surface area contributed by atoms with Crippen molar-refractivity contribution in [3.63, 3.8) is 0 Å². The molecule has 0 saturated heterocycles. The first-order valence-electron chi connectivity index (χ1n) is 7.42. The van der Waals surface area contributed by atoms with Gasteiger partial charge in [0, 0.05) is 26.4 Å². The van der Waals surface area contributed by atoms with Gasteiger partial charge in [-0.2, -0.15) is 0 Å². The summed E-state index contributed by atoms with van der Waals surface area (Å²) < 4.78 is 9.22. The molecule has 0 amide bonds. The molecule has 0 unspecified atom stereocenters. The lowest BCUT2D eigenvalue weighted by Crippen LogP contribution is -2.23. The van der Waals surface area contributed by atoms with E-state index in [-0.39, 0.29) is 11.9 Å². The molecule has 0 heterocycles. The zero-order valence-electron chi connectivity index (χ0n) is 14.0. The molecule has 0 aliphatic heterocycles. The van der Waals surface area contributed by atoms with Crippen LogP contribution in [0.25, 0.3) is 0 Å². The molecule has 0 N–H and O–H groups in total. The Morgan fingerprint density at radius 1 is 1.18 bits per heavy atom. The van der Waals surface area contributed by atoms with Crippen molar-refractivity contribution in [1.29, 1.82) is 0 Å². The Morgan fingerprint density at radius 3 is 2.27 bits per heavy atom. The number of carbonyl (C=O) groups is 2. The number of hydrogen-bond donors (Lipinski definition) is 0. The minimum Gasteiger partial charge on any atom is -0.469 e. The monoisotopic (exact) mass is 309 g/mol. The number of rotatable bonds is 7. The normalized spacial score (nSPS) is 9.68. The smallest absolute Gasteiger partial charge is 0.305 e. The number of esters is 2. The van der Waals surface area contributed by atoms with E-state index >= 15 is 0 Å². The Labute approximate surface area is 133 Å². The van der Waals surface area contributed by atoms with Gasteiger partial charge in [-0.05, 0) is 19.0 Å². The number of ether oxygens (including phenoxy) is 2. The topological polar surface area (TPSA) is 55.8 Å². The van der Waals surface area contributed by atoms with Crippen molar-refractivity contribution >= 4 is 11.9 Å². The van der Waals surface area contributed by atoms with E-state index in [1.54, 1.807) is 0 Å². The molecule has 0 fully saturated rings. The van der Waals surface area contributed by atoms with Crippen molar-refractivity contribution in [2.45, 2.75) is 33.2 Å². The highest BCUT2D eigenvalue weighted by atomic mass is 16.5. The first-order chi connectivity index (χ1) is 10.5. The fraction of sp³-hybridized carbons (Fsp3) is 0.529. The molecule has 5 heteroatoms. The molecule has 0 aliphatic rings. The average Bonchev–Trinajstić information content (AvgIpc) is 2.48. The molecule has 1 aromatic rings. The molecule has 0 radical (unpaired) electrons. The summed E-state index contributed by atoms with van der Waals surface area (Å²) in [6.45, 7) is 5.46. The van der Waals surface area contributed by atoms with Crippen molar-refractivity contribution in [1.82, 2.24) is 4.90 Å². The van der Waals surface area contributed by atoms with E-state index in [0.29, 0.717) is 13.0 Å². The maximum atomic E-state index is 10.5. The molecule has 0 saturated carbocycles. The lowest BCUT2D eigenvalue weighted by atomic mass is 10.2. The summed E-state index contributed by atoms with van der Waals surface area (Å²) >= 11 is 0. The lowest BCUT2D eigenvalue weighted by molar-refractivity contribution is -0.141. The van der Waals surface area contributed by atoms with Gasteiger partial charge in [0.2, 0.25) is 0 Å². The van der Waals surface area contributed by atoms with Gasteiger partial charge in [0.25, 0.3) is 0 Å². The first-order valence-corrected chi connectivity index (χ1v) is 7.42. The lowest BCUT2D eigenvalue weighted by Gasteiger charge is -2.16. The van der Waals surface area contributed by atoms with Gasteiger partial charge in [-0.15, -0.1) is 0 Å². The highest BCUT2D eigenvalue weighted by Gasteiger charge is 2.00. The third kappa shape index (κ3) is 11.9. The van der Waals surface area contributed by atoms with Gasteiger partial charge in [-0.3, -0.25) is 14.5 Å². The van der Waals surface area contributed by atoms with Gasteiger partial charge in [0.05, 0.1) is 7.11 Å². The zero-order valence-corrected chi connectivity index (χ0v) is 14.0. The summed E-state index contributed by atoms with van der Waals surface area (Å²) in [5, 5.41) is 0. The van der Waals surface area contributed by atoms with Crippen LogP contribution in [0.3, 0.4) is 0 Å². The number of carbonyl (C=O) groups excluding carboxylic acids is 2. The summed E-state index contributed by atoms with van der Waals surface area (Å²) in [5.74, 6) is -0.342. The van der Waals surface area contributed by atoms with E-state index in [2.05, 4.69) is 21.8 Å². The summed E-state index contributed by atoms with van der Waals surface area (Å²) in [5.41, 5.74) is 1.27. The highest BCUT2D eigenvalue weighted by Crippen LogP contribution is 2.01. The fourth-order valence-corrected chi connectivity index (χ4v) is 1.63. The van der Waals surface area contributed by atoms with Crippen molar-refractivity contribution in [3.05, 3.63) is 35.9 Å². The van der Waals surface area contributed by atoms with Crippen LogP contribution >= 0.6 is 0 Å². The molecule has 0 aromatic heterocycles. The molecule has 1 rings (SSSR count). The highest BCUT2D eigenvalue weighted by molar-refractivity contribution is 5.68. The van der Waals surface area contributed by atoms with Gasteiger partial charge in [-0.1, -0.05) is 37.3 Å². The second-order valence-electron chi connectivity index (χ2n) is 4.89. The quantitative estimate of drug-likeness (QED) is 0.725. The maximum absolute atomic E-state index is 10.5. The number of likely N-dealkylation sites (N-methyl/N-ethyl adjacent to an activating group) is 1.